The van der Waals surface area contributed by atoms with Crippen LogP contribution in [0.25, 0.3) is 0 Å². The van der Waals surface area contributed by atoms with E-state index in [1.807, 2.05) is 39.0 Å². The number of methoxy groups -OCH3 is 2. The number of piperidine rings is 1. The van der Waals surface area contributed by atoms with Crippen molar-refractivity contribution in [3.8, 4) is 11.5 Å². The molecule has 2 aliphatic rings. The number of carbonyl (C=O) groups excluding carboxylic acids is 2. The van der Waals surface area contributed by atoms with E-state index in [-0.39, 0.29) is 24.5 Å². The van der Waals surface area contributed by atoms with Crippen LogP contribution in [-0.2, 0) is 25.5 Å². The molecule has 0 aliphatic carbocycles. The van der Waals surface area contributed by atoms with Gasteiger partial charge in [0.05, 0.1) is 26.2 Å². The topological polar surface area (TPSA) is 100 Å². The number of benzene rings is 2. The van der Waals surface area contributed by atoms with Crippen molar-refractivity contribution in [1.29, 1.82) is 0 Å². The van der Waals surface area contributed by atoms with Crippen LogP contribution in [0.2, 0.25) is 0 Å². The van der Waals surface area contributed by atoms with Crippen LogP contribution in [0.4, 0.5) is 0 Å². The molecule has 1 saturated heterocycles. The minimum Gasteiger partial charge on any atom is -0.493 e. The third-order valence-corrected chi connectivity index (χ3v) is 7.17. The third kappa shape index (κ3) is 5.75. The normalized spacial score (nSPS) is 23.4. The molecule has 0 spiro atoms. The van der Waals surface area contributed by atoms with Gasteiger partial charge < -0.3 is 24.7 Å². The summed E-state index contributed by atoms with van der Waals surface area (Å²) in [5.74, 6) is -0.371. The maximum atomic E-state index is 13.6. The fourth-order valence-electron chi connectivity index (χ4n) is 5.57. The van der Waals surface area contributed by atoms with Crippen LogP contribution in [0.15, 0.2) is 36.4 Å². The summed E-state index contributed by atoms with van der Waals surface area (Å²) < 4.78 is 21.9. The first-order chi connectivity index (χ1) is 17.5. The molecule has 2 N–H and O–H groups in total. The van der Waals surface area contributed by atoms with Gasteiger partial charge in [-0.25, -0.2) is 4.79 Å². The molecule has 2 heterocycles. The van der Waals surface area contributed by atoms with E-state index in [1.165, 1.54) is 7.11 Å². The van der Waals surface area contributed by atoms with Gasteiger partial charge in [-0.05, 0) is 62.9 Å². The molecule has 4 rings (SSSR count). The molecule has 2 aromatic carbocycles. The monoisotopic (exact) mass is 510 g/mol. The maximum Gasteiger partial charge on any atom is 0.343 e. The molecule has 0 saturated carbocycles. The summed E-state index contributed by atoms with van der Waals surface area (Å²) >= 11 is 0. The van der Waals surface area contributed by atoms with E-state index < -0.39 is 23.5 Å². The van der Waals surface area contributed by atoms with E-state index in [1.54, 1.807) is 7.11 Å². The Morgan fingerprint density at radius 3 is 2.51 bits per heavy atom. The highest BCUT2D eigenvalue weighted by molar-refractivity contribution is 5.76. The second-order valence-corrected chi connectivity index (χ2v) is 10.9. The molecule has 8 heteroatoms. The number of aryl methyl sites for hydroxylation is 1. The zero-order valence-corrected chi connectivity index (χ0v) is 22.6. The largest absolute Gasteiger partial charge is 0.493 e. The lowest BCUT2D eigenvalue weighted by Gasteiger charge is -2.50. The second-order valence-electron chi connectivity index (χ2n) is 10.9. The van der Waals surface area contributed by atoms with Crippen molar-refractivity contribution in [2.45, 2.75) is 57.7 Å². The maximum absolute atomic E-state index is 13.6. The lowest BCUT2D eigenvalue weighted by molar-refractivity contribution is -0.164. The molecule has 37 heavy (non-hydrogen) atoms. The average Bonchev–Trinajstić information content (AvgIpc) is 2.84. The second kappa shape index (κ2) is 10.7. The van der Waals surface area contributed by atoms with Crippen LogP contribution in [0, 0.1) is 12.8 Å². The zero-order chi connectivity index (χ0) is 26.9. The van der Waals surface area contributed by atoms with Crippen molar-refractivity contribution in [3.63, 3.8) is 0 Å². The first-order valence-corrected chi connectivity index (χ1v) is 12.7. The van der Waals surface area contributed by atoms with Gasteiger partial charge in [0.1, 0.15) is 5.60 Å². The van der Waals surface area contributed by atoms with E-state index >= 15 is 0 Å². The molecular formula is C29H38N2O6. The van der Waals surface area contributed by atoms with Gasteiger partial charge in [-0.1, -0.05) is 29.8 Å². The number of ether oxygens (including phenoxy) is 4. The van der Waals surface area contributed by atoms with Crippen molar-refractivity contribution >= 4 is 11.9 Å². The molecule has 4 atom stereocenters. The minimum absolute atomic E-state index is 0.0906. The minimum atomic E-state index is -0.620. The first-order valence-electron chi connectivity index (χ1n) is 12.7. The summed E-state index contributed by atoms with van der Waals surface area (Å²) in [6.45, 7) is 8.96. The summed E-state index contributed by atoms with van der Waals surface area (Å²) in [7, 11) is 2.88. The van der Waals surface area contributed by atoms with Crippen molar-refractivity contribution in [3.05, 3.63) is 58.7 Å². The molecule has 1 unspecified atom stereocenters. The summed E-state index contributed by atoms with van der Waals surface area (Å²) in [5.41, 5.74) is 10.7. The predicted octanol–water partition coefficient (Wildman–Crippen LogP) is 3.54. The predicted molar refractivity (Wildman–Crippen MR) is 140 cm³/mol. The van der Waals surface area contributed by atoms with Gasteiger partial charge in [-0.2, -0.15) is 0 Å². The highest BCUT2D eigenvalue weighted by atomic mass is 16.6. The van der Waals surface area contributed by atoms with Gasteiger partial charge in [-0.15, -0.1) is 0 Å². The van der Waals surface area contributed by atoms with Gasteiger partial charge in [0.2, 0.25) is 0 Å². The van der Waals surface area contributed by atoms with Crippen LogP contribution in [-0.4, -0.2) is 62.4 Å². The fraction of sp³-hybridized carbons (Fsp3) is 0.517. The molecule has 1 fully saturated rings. The van der Waals surface area contributed by atoms with Crippen LogP contribution >= 0.6 is 0 Å². The van der Waals surface area contributed by atoms with Crippen molar-refractivity contribution < 1.29 is 28.5 Å². The Bertz CT molecular complexity index is 1160. The Hall–Kier alpha value is -3.10. The number of esters is 2. The molecule has 0 bridgehead atoms. The third-order valence-electron chi connectivity index (χ3n) is 7.17. The van der Waals surface area contributed by atoms with Gasteiger partial charge in [0.15, 0.2) is 18.1 Å². The van der Waals surface area contributed by atoms with E-state index in [9.17, 15) is 9.59 Å². The van der Waals surface area contributed by atoms with Gasteiger partial charge in [0.25, 0.3) is 0 Å². The molecule has 0 aromatic heterocycles. The van der Waals surface area contributed by atoms with Crippen molar-refractivity contribution in [2.75, 3.05) is 33.9 Å². The number of fused-ring (bicyclic) bond motifs is 3. The molecule has 0 amide bonds. The van der Waals surface area contributed by atoms with Crippen LogP contribution < -0.4 is 15.2 Å². The van der Waals surface area contributed by atoms with E-state index in [0.717, 1.165) is 35.2 Å². The Balaban J connectivity index is 1.73. The number of carbonyl (C=O) groups is 2. The highest BCUT2D eigenvalue weighted by Gasteiger charge is 2.49. The highest BCUT2D eigenvalue weighted by Crippen LogP contribution is 2.47. The fourth-order valence-corrected chi connectivity index (χ4v) is 5.57. The van der Waals surface area contributed by atoms with Gasteiger partial charge in [0, 0.05) is 25.0 Å². The molecule has 8 nitrogen and oxygen atoms in total. The standard InChI is InChI=1S/C29H38N2O6/c1-17-8-7-9-18(12-17)21-15-31-11-10-19-13-23(36-16-24(32)35-6)22(34-5)14-20(19)27(31)26(30)25(21)28(33)37-29(2,3)4/h7-9,12-14,21,25-27H,10-11,15-16,30H2,1-6H3/t21-,25+,26?,27+/m0/s1. The SMILES string of the molecule is COC(=O)COc1cc2c(cc1OC)[C@@H]1C(N)[C@H](C(=O)OC(C)(C)C)[C@H](c3cccc(C)c3)CN1CC2. The molecular weight excluding hydrogens is 472 g/mol. The van der Waals surface area contributed by atoms with Crippen LogP contribution in [0.3, 0.4) is 0 Å². The van der Waals surface area contributed by atoms with Crippen LogP contribution in [0.1, 0.15) is 55.0 Å². The summed E-state index contributed by atoms with van der Waals surface area (Å²) in [5, 5.41) is 0. The average molecular weight is 511 g/mol. The molecule has 200 valence electrons. The first kappa shape index (κ1) is 26.9. The Morgan fingerprint density at radius 2 is 1.86 bits per heavy atom. The van der Waals surface area contributed by atoms with E-state index in [0.29, 0.717) is 18.0 Å². The van der Waals surface area contributed by atoms with Gasteiger partial charge >= 0.3 is 11.9 Å². The van der Waals surface area contributed by atoms with E-state index in [2.05, 4.69) is 30.0 Å². The number of hydrogen-bond donors (Lipinski definition) is 1. The van der Waals surface area contributed by atoms with Gasteiger partial charge in [-0.3, -0.25) is 9.69 Å². The number of rotatable bonds is 6. The van der Waals surface area contributed by atoms with Crippen LogP contribution in [0.5, 0.6) is 11.5 Å². The Labute approximate surface area is 219 Å². The summed E-state index contributed by atoms with van der Waals surface area (Å²) in [4.78, 5) is 27.6. The lowest BCUT2D eigenvalue weighted by Crippen LogP contribution is -2.58. The molecule has 0 radical (unpaired) electrons. The number of hydrogen-bond acceptors (Lipinski definition) is 8. The van der Waals surface area contributed by atoms with E-state index in [4.69, 9.17) is 24.7 Å². The Morgan fingerprint density at radius 1 is 1.11 bits per heavy atom. The Kier molecular flexibility index (Phi) is 7.80. The quantitative estimate of drug-likeness (QED) is 0.589. The number of nitrogens with two attached hydrogens (primary N) is 1. The van der Waals surface area contributed by atoms with Crippen molar-refractivity contribution in [1.82, 2.24) is 4.90 Å². The molecule has 2 aliphatic heterocycles. The zero-order valence-electron chi connectivity index (χ0n) is 22.6. The summed E-state index contributed by atoms with van der Waals surface area (Å²) in [6.07, 6.45) is 0.786. The molecule has 2 aromatic rings. The lowest BCUT2D eigenvalue weighted by atomic mass is 9.71. The number of nitrogens with zero attached hydrogens (tertiary/aromatic N) is 1. The van der Waals surface area contributed by atoms with Crippen molar-refractivity contribution in [2.24, 2.45) is 11.7 Å². The smallest absolute Gasteiger partial charge is 0.343 e. The summed E-state index contributed by atoms with van der Waals surface area (Å²) in [6, 6.07) is 11.5.